The predicted octanol–water partition coefficient (Wildman–Crippen LogP) is 4.31. The summed E-state index contributed by atoms with van der Waals surface area (Å²) in [6, 6.07) is 9.40. The Kier molecular flexibility index (Phi) is 6.88. The maximum atomic E-state index is 13.2. The number of carbonyl (C=O) groups excluding carboxylic acids is 2. The molecule has 3 aromatic rings. The minimum atomic E-state index is -0.210. The summed E-state index contributed by atoms with van der Waals surface area (Å²) < 4.78 is 6.98. The summed E-state index contributed by atoms with van der Waals surface area (Å²) in [5.41, 5.74) is 4.49. The van der Waals surface area contributed by atoms with Crippen molar-refractivity contribution in [3.8, 4) is 0 Å². The normalized spacial score (nSPS) is 16.1. The van der Waals surface area contributed by atoms with E-state index in [1.54, 1.807) is 15.9 Å². The molecule has 0 N–H and O–H groups in total. The monoisotopic (exact) mass is 468 g/mol. The zero-order chi connectivity index (χ0) is 23.5. The summed E-state index contributed by atoms with van der Waals surface area (Å²) in [7, 11) is 1.82. The molecule has 1 aliphatic heterocycles. The molecule has 2 aromatic heterocycles. The minimum Gasteiger partial charge on any atom is -0.472 e. The van der Waals surface area contributed by atoms with Crippen LogP contribution in [-0.4, -0.2) is 51.5 Å². The lowest BCUT2D eigenvalue weighted by molar-refractivity contribution is -0.136. The van der Waals surface area contributed by atoms with Gasteiger partial charge >= 0.3 is 0 Å². The molecule has 2 amide bonds. The van der Waals surface area contributed by atoms with Crippen LogP contribution in [0.15, 0.2) is 47.3 Å². The van der Waals surface area contributed by atoms with E-state index in [1.165, 1.54) is 12.5 Å². The van der Waals surface area contributed by atoms with Crippen molar-refractivity contribution in [3.63, 3.8) is 0 Å². The SMILES string of the molecule is Cc1nn(Cc2ccccc2Cl)c(C)c1CN(C)C(=O)C1CCCN(C(=O)c2ccoc2)C1. The third kappa shape index (κ3) is 4.98. The molecule has 0 saturated carbocycles. The molecule has 1 unspecified atom stereocenters. The van der Waals surface area contributed by atoms with Crippen molar-refractivity contribution in [2.45, 2.75) is 39.8 Å². The lowest BCUT2D eigenvalue weighted by Crippen LogP contribution is -2.45. The van der Waals surface area contributed by atoms with Gasteiger partial charge in [-0.2, -0.15) is 5.10 Å². The highest BCUT2D eigenvalue weighted by Crippen LogP contribution is 2.24. The second kappa shape index (κ2) is 9.83. The summed E-state index contributed by atoms with van der Waals surface area (Å²) in [4.78, 5) is 29.4. The predicted molar refractivity (Wildman–Crippen MR) is 126 cm³/mol. The fraction of sp³-hybridized carbons (Fsp3) is 0.400. The van der Waals surface area contributed by atoms with Crippen LogP contribution in [-0.2, 0) is 17.9 Å². The molecule has 1 fully saturated rings. The first-order chi connectivity index (χ1) is 15.8. The smallest absolute Gasteiger partial charge is 0.257 e. The molecular weight excluding hydrogens is 440 g/mol. The highest BCUT2D eigenvalue weighted by atomic mass is 35.5. The molecular formula is C25H29ClN4O3. The number of amides is 2. The van der Waals surface area contributed by atoms with Crippen LogP contribution in [0.5, 0.6) is 0 Å². The highest BCUT2D eigenvalue weighted by molar-refractivity contribution is 6.31. The van der Waals surface area contributed by atoms with Crippen molar-refractivity contribution in [2.24, 2.45) is 5.92 Å². The Morgan fingerprint density at radius 2 is 2.03 bits per heavy atom. The molecule has 4 rings (SSSR count). The molecule has 174 valence electrons. The van der Waals surface area contributed by atoms with E-state index in [4.69, 9.17) is 21.1 Å². The third-order valence-electron chi connectivity index (χ3n) is 6.41. The Balaban J connectivity index is 1.43. The molecule has 33 heavy (non-hydrogen) atoms. The third-order valence-corrected chi connectivity index (χ3v) is 6.78. The van der Waals surface area contributed by atoms with Gasteiger partial charge in [0.25, 0.3) is 5.91 Å². The minimum absolute atomic E-state index is 0.0531. The summed E-state index contributed by atoms with van der Waals surface area (Å²) in [5.74, 6) is -0.243. The number of benzene rings is 1. The van der Waals surface area contributed by atoms with Gasteiger partial charge in [-0.3, -0.25) is 14.3 Å². The average molecular weight is 469 g/mol. The van der Waals surface area contributed by atoms with E-state index in [0.717, 1.165) is 35.4 Å². The van der Waals surface area contributed by atoms with Crippen LogP contribution in [0.25, 0.3) is 0 Å². The van der Waals surface area contributed by atoms with E-state index in [9.17, 15) is 9.59 Å². The second-order valence-corrected chi connectivity index (χ2v) is 9.10. The van der Waals surface area contributed by atoms with Gasteiger partial charge in [-0.25, -0.2) is 0 Å². The van der Waals surface area contributed by atoms with Gasteiger partial charge in [0, 0.05) is 43.0 Å². The number of carbonyl (C=O) groups is 2. The van der Waals surface area contributed by atoms with E-state index < -0.39 is 0 Å². The van der Waals surface area contributed by atoms with Crippen molar-refractivity contribution >= 4 is 23.4 Å². The number of hydrogen-bond donors (Lipinski definition) is 0. The number of piperidine rings is 1. The van der Waals surface area contributed by atoms with Crippen molar-refractivity contribution in [1.29, 1.82) is 0 Å². The van der Waals surface area contributed by atoms with Gasteiger partial charge in [-0.15, -0.1) is 0 Å². The quantitative estimate of drug-likeness (QED) is 0.540. The van der Waals surface area contributed by atoms with E-state index >= 15 is 0 Å². The van der Waals surface area contributed by atoms with E-state index in [0.29, 0.717) is 36.8 Å². The summed E-state index contributed by atoms with van der Waals surface area (Å²) >= 11 is 6.32. The van der Waals surface area contributed by atoms with Crippen molar-refractivity contribution in [3.05, 3.63) is 76.0 Å². The zero-order valence-electron chi connectivity index (χ0n) is 19.3. The van der Waals surface area contributed by atoms with Crippen molar-refractivity contribution < 1.29 is 14.0 Å². The van der Waals surface area contributed by atoms with E-state index in [1.807, 2.05) is 49.8 Å². The number of halogens is 1. The molecule has 7 nitrogen and oxygen atoms in total. The van der Waals surface area contributed by atoms with Crippen molar-refractivity contribution in [2.75, 3.05) is 20.1 Å². The Morgan fingerprint density at radius 3 is 2.76 bits per heavy atom. The number of likely N-dealkylation sites (tertiary alicyclic amines) is 1. The van der Waals surface area contributed by atoms with Crippen LogP contribution < -0.4 is 0 Å². The summed E-state index contributed by atoms with van der Waals surface area (Å²) in [6.07, 6.45) is 4.53. The number of aromatic nitrogens is 2. The van der Waals surface area contributed by atoms with Crippen LogP contribution >= 0.6 is 11.6 Å². The average Bonchev–Trinajstić information content (AvgIpc) is 3.44. The van der Waals surface area contributed by atoms with Gasteiger partial charge in [0.15, 0.2) is 0 Å². The van der Waals surface area contributed by atoms with E-state index in [-0.39, 0.29) is 17.7 Å². The first kappa shape index (κ1) is 23.1. The highest BCUT2D eigenvalue weighted by Gasteiger charge is 2.31. The molecule has 1 saturated heterocycles. The molecule has 1 aromatic carbocycles. The van der Waals surface area contributed by atoms with Crippen LogP contribution in [0.2, 0.25) is 5.02 Å². The molecule has 1 aliphatic rings. The van der Waals surface area contributed by atoms with E-state index in [2.05, 4.69) is 0 Å². The molecule has 0 bridgehead atoms. The van der Waals surface area contributed by atoms with Gasteiger partial charge in [0.1, 0.15) is 6.26 Å². The molecule has 3 heterocycles. The van der Waals surface area contributed by atoms with Gasteiger partial charge in [0.05, 0.1) is 30.0 Å². The Bertz CT molecular complexity index is 1140. The maximum Gasteiger partial charge on any atom is 0.257 e. The number of aryl methyl sites for hydroxylation is 1. The van der Waals surface area contributed by atoms with Gasteiger partial charge < -0.3 is 14.2 Å². The lowest BCUT2D eigenvalue weighted by atomic mass is 9.96. The lowest BCUT2D eigenvalue weighted by Gasteiger charge is -2.33. The number of hydrogen-bond acceptors (Lipinski definition) is 4. The molecule has 0 radical (unpaired) electrons. The molecule has 8 heteroatoms. The van der Waals surface area contributed by atoms with Gasteiger partial charge in [-0.05, 0) is 44.4 Å². The zero-order valence-corrected chi connectivity index (χ0v) is 20.0. The number of furan rings is 1. The number of nitrogens with zero attached hydrogens (tertiary/aromatic N) is 4. The Morgan fingerprint density at radius 1 is 1.24 bits per heavy atom. The fourth-order valence-corrected chi connectivity index (χ4v) is 4.66. The van der Waals surface area contributed by atoms with Gasteiger partial charge in [-0.1, -0.05) is 29.8 Å². The molecule has 0 aliphatic carbocycles. The molecule has 0 spiro atoms. The van der Waals surface area contributed by atoms with Crippen molar-refractivity contribution in [1.82, 2.24) is 19.6 Å². The van der Waals surface area contributed by atoms with Crippen LogP contribution in [0.1, 0.15) is 45.7 Å². The summed E-state index contributed by atoms with van der Waals surface area (Å²) in [5, 5.41) is 5.41. The first-order valence-electron chi connectivity index (χ1n) is 11.2. The van der Waals surface area contributed by atoms with Gasteiger partial charge in [0.2, 0.25) is 5.91 Å². The first-order valence-corrected chi connectivity index (χ1v) is 11.6. The molecule has 1 atom stereocenters. The summed E-state index contributed by atoms with van der Waals surface area (Å²) in [6.45, 7) is 6.14. The number of rotatable bonds is 6. The largest absolute Gasteiger partial charge is 0.472 e. The second-order valence-electron chi connectivity index (χ2n) is 8.70. The topological polar surface area (TPSA) is 71.6 Å². The van der Waals surface area contributed by atoms with Crippen LogP contribution in [0.3, 0.4) is 0 Å². The maximum absolute atomic E-state index is 13.2. The fourth-order valence-electron chi connectivity index (χ4n) is 4.46. The Labute approximate surface area is 198 Å². The standard InChI is InChI=1S/C25H29ClN4O3/c1-17-22(18(2)30(27-17)14-19-7-4-5-9-23(19)26)15-28(3)24(31)20-8-6-11-29(13-20)25(32)21-10-12-33-16-21/h4-5,7,9-10,12,16,20H,6,8,11,13-15H2,1-3H3. The Hall–Kier alpha value is -3.06. The van der Waals surface area contributed by atoms with Crippen LogP contribution in [0.4, 0.5) is 0 Å². The van der Waals surface area contributed by atoms with Crippen LogP contribution in [0, 0.1) is 19.8 Å².